The van der Waals surface area contributed by atoms with Gasteiger partial charge in [0.2, 0.25) is 17.6 Å². The van der Waals surface area contributed by atoms with E-state index in [0.717, 1.165) is 44.1 Å². The van der Waals surface area contributed by atoms with E-state index in [1.807, 2.05) is 6.20 Å². The Morgan fingerprint density at radius 2 is 1.57 bits per heavy atom. The number of anilines is 2. The highest BCUT2D eigenvalue weighted by Crippen LogP contribution is 2.37. The molecule has 76 heavy (non-hydrogen) atoms. The molecule has 1 saturated carbocycles. The molecule has 3 amide bonds. The first-order chi connectivity index (χ1) is 36.4. The minimum absolute atomic E-state index is 0.0447. The molecule has 410 valence electrons. The summed E-state index contributed by atoms with van der Waals surface area (Å²) in [4.78, 5) is 70.9. The van der Waals surface area contributed by atoms with E-state index in [-0.39, 0.29) is 41.7 Å². The van der Waals surface area contributed by atoms with Crippen LogP contribution in [0, 0.1) is 5.92 Å². The Balaban J connectivity index is 0.784. The SMILES string of the molecule is C[C@@H](C(=O)N[C@H](C(=O)N1CCC[C@H]1c1nc(C(=O)c2cccc(OCCOCCOCCOCCn3cc(-c4cc(Nc5ccc(OC(F)(F)F)cc5)ncn4)cn3)c2)cs1)C1CCCCC1)N(C)C(=O)OC(C)(C)C. The fraction of sp³-hybridized carbons (Fsp3) is 0.509. The standard InChI is InChI=1S/C53H66F3N9O10S/c1-35(63(5)51(69)75-52(2,3)4)48(67)62-46(36-11-7-6-8-12-36)50(68)65-20-10-15-44(65)49-61-43(33-76-49)47(66)37-13-9-14-41(29-37)73-28-27-72-26-25-71-24-23-70-22-21-64-32-38(31-59-64)42-30-45(58-34-57-42)60-39-16-18-40(19-17-39)74-53(54,55)56/h9,13-14,16-19,29-36,44,46H,6-8,10-12,15,20-28H2,1-5H3,(H,62,67)(H,57,58,60)/t35-,44-,46-/m0/s1. The third kappa shape index (κ3) is 16.9. The molecular formula is C53H66F3N9O10S. The number of ketones is 1. The average molecular weight is 1080 g/mol. The van der Waals surface area contributed by atoms with Gasteiger partial charge in [-0.2, -0.15) is 5.10 Å². The van der Waals surface area contributed by atoms with Crippen molar-refractivity contribution in [2.45, 2.75) is 109 Å². The fourth-order valence-electron chi connectivity index (χ4n) is 8.68. The van der Waals surface area contributed by atoms with Crippen LogP contribution in [0.3, 0.4) is 0 Å². The van der Waals surface area contributed by atoms with Gasteiger partial charge in [0.15, 0.2) is 0 Å². The van der Waals surface area contributed by atoms with Gasteiger partial charge in [0.25, 0.3) is 0 Å². The van der Waals surface area contributed by atoms with Gasteiger partial charge in [0.1, 0.15) is 58.6 Å². The molecule has 5 aromatic rings. The summed E-state index contributed by atoms with van der Waals surface area (Å²) in [6, 6.07) is 11.9. The zero-order chi connectivity index (χ0) is 54.2. The van der Waals surface area contributed by atoms with Crippen LogP contribution in [0.2, 0.25) is 0 Å². The molecular weight excluding hydrogens is 1010 g/mol. The third-order valence-corrected chi connectivity index (χ3v) is 13.6. The van der Waals surface area contributed by atoms with Crippen LogP contribution >= 0.6 is 11.3 Å². The van der Waals surface area contributed by atoms with E-state index in [9.17, 15) is 32.3 Å². The number of hydrogen-bond acceptors (Lipinski definition) is 16. The number of benzene rings is 2. The lowest BCUT2D eigenvalue weighted by molar-refractivity contribution is -0.274. The van der Waals surface area contributed by atoms with Crippen LogP contribution in [-0.4, -0.2) is 142 Å². The number of hydrogen-bond donors (Lipinski definition) is 2. The summed E-state index contributed by atoms with van der Waals surface area (Å²) < 4.78 is 71.5. The van der Waals surface area contributed by atoms with Gasteiger partial charge in [0.05, 0.1) is 64.1 Å². The van der Waals surface area contributed by atoms with E-state index in [0.29, 0.717) is 92.7 Å². The van der Waals surface area contributed by atoms with Crippen molar-refractivity contribution < 1.29 is 60.8 Å². The Morgan fingerprint density at radius 3 is 2.28 bits per heavy atom. The molecule has 2 aromatic carbocycles. The molecule has 1 aliphatic heterocycles. The Hall–Kier alpha value is -6.69. The Kier molecular flexibility index (Phi) is 20.2. The van der Waals surface area contributed by atoms with Gasteiger partial charge in [-0.25, -0.2) is 19.7 Å². The number of carbonyl (C=O) groups excluding carboxylic acids is 4. The van der Waals surface area contributed by atoms with E-state index < -0.39 is 36.0 Å². The monoisotopic (exact) mass is 1080 g/mol. The van der Waals surface area contributed by atoms with Crippen LogP contribution in [-0.2, 0) is 35.1 Å². The largest absolute Gasteiger partial charge is 0.573 e. The second-order valence-electron chi connectivity index (χ2n) is 19.4. The smallest absolute Gasteiger partial charge is 0.491 e. The first-order valence-electron chi connectivity index (χ1n) is 25.4. The number of nitrogens with zero attached hydrogens (tertiary/aromatic N) is 7. The predicted octanol–water partition coefficient (Wildman–Crippen LogP) is 8.78. The summed E-state index contributed by atoms with van der Waals surface area (Å²) in [5.74, 6) is -0.292. The summed E-state index contributed by atoms with van der Waals surface area (Å²) in [5, 5.41) is 12.8. The number of aromatic nitrogens is 5. The van der Waals surface area contributed by atoms with Crippen LogP contribution in [0.25, 0.3) is 11.3 Å². The lowest BCUT2D eigenvalue weighted by Crippen LogP contribution is -2.56. The first-order valence-corrected chi connectivity index (χ1v) is 26.3. The van der Waals surface area contributed by atoms with Crippen LogP contribution < -0.4 is 20.1 Å². The van der Waals surface area contributed by atoms with E-state index in [1.165, 1.54) is 53.9 Å². The number of likely N-dealkylation sites (tertiary alicyclic amines) is 1. The highest BCUT2D eigenvalue weighted by molar-refractivity contribution is 7.10. The molecule has 7 rings (SSSR count). The van der Waals surface area contributed by atoms with Crippen molar-refractivity contribution in [2.75, 3.05) is 65.2 Å². The third-order valence-electron chi connectivity index (χ3n) is 12.7. The first kappa shape index (κ1) is 57.0. The second kappa shape index (κ2) is 26.9. The van der Waals surface area contributed by atoms with Gasteiger partial charge < -0.3 is 44.0 Å². The number of halogens is 3. The van der Waals surface area contributed by atoms with E-state index >= 15 is 0 Å². The molecule has 0 radical (unpaired) electrons. The van der Waals surface area contributed by atoms with Gasteiger partial charge in [0, 0.05) is 48.0 Å². The molecule has 0 unspecified atom stereocenters. The molecule has 2 aliphatic rings. The Morgan fingerprint density at radius 1 is 0.855 bits per heavy atom. The van der Waals surface area contributed by atoms with Crippen molar-refractivity contribution in [1.29, 1.82) is 0 Å². The lowest BCUT2D eigenvalue weighted by Gasteiger charge is -2.36. The molecule has 2 fully saturated rings. The summed E-state index contributed by atoms with van der Waals surface area (Å²) in [6.45, 7) is 10.3. The Bertz CT molecular complexity index is 2690. The number of thiazole rings is 1. The van der Waals surface area contributed by atoms with Gasteiger partial charge in [-0.05, 0) is 95.7 Å². The molecule has 2 N–H and O–H groups in total. The van der Waals surface area contributed by atoms with E-state index in [4.69, 9.17) is 28.7 Å². The van der Waals surface area contributed by atoms with Crippen molar-refractivity contribution in [3.05, 3.63) is 95.0 Å². The topological polar surface area (TPSA) is 211 Å². The maximum Gasteiger partial charge on any atom is 0.573 e. The number of carbonyl (C=O) groups is 4. The number of alkyl halides is 3. The Labute approximate surface area is 443 Å². The predicted molar refractivity (Wildman–Crippen MR) is 275 cm³/mol. The number of rotatable bonds is 25. The van der Waals surface area contributed by atoms with Crippen LogP contribution in [0.15, 0.2) is 78.7 Å². The maximum absolute atomic E-state index is 14.5. The molecule has 3 aromatic heterocycles. The molecule has 0 bridgehead atoms. The van der Waals surface area contributed by atoms with Crippen LogP contribution in [0.4, 0.5) is 29.5 Å². The summed E-state index contributed by atoms with van der Waals surface area (Å²) in [6.07, 6.45) is 5.52. The normalized spacial score (nSPS) is 15.9. The molecule has 0 spiro atoms. The summed E-state index contributed by atoms with van der Waals surface area (Å²) >= 11 is 1.34. The van der Waals surface area contributed by atoms with Crippen molar-refractivity contribution in [2.24, 2.45) is 5.92 Å². The highest BCUT2D eigenvalue weighted by atomic mass is 32.1. The summed E-state index contributed by atoms with van der Waals surface area (Å²) in [5.41, 5.74) is 1.81. The quantitative estimate of drug-likeness (QED) is 0.0413. The maximum atomic E-state index is 14.5. The van der Waals surface area contributed by atoms with E-state index in [1.54, 1.807) is 79.2 Å². The van der Waals surface area contributed by atoms with Gasteiger partial charge in [-0.3, -0.25) is 24.0 Å². The molecule has 1 aliphatic carbocycles. The van der Waals surface area contributed by atoms with Crippen molar-refractivity contribution in [1.82, 2.24) is 39.8 Å². The van der Waals surface area contributed by atoms with Crippen molar-refractivity contribution >= 4 is 46.5 Å². The van der Waals surface area contributed by atoms with Gasteiger partial charge in [-0.1, -0.05) is 31.4 Å². The summed E-state index contributed by atoms with van der Waals surface area (Å²) in [7, 11) is 1.51. The fourth-order valence-corrected chi connectivity index (χ4v) is 9.63. The minimum atomic E-state index is -4.77. The zero-order valence-corrected chi connectivity index (χ0v) is 44.2. The van der Waals surface area contributed by atoms with Crippen LogP contribution in [0.1, 0.15) is 99.7 Å². The van der Waals surface area contributed by atoms with Crippen molar-refractivity contribution in [3.8, 4) is 22.8 Å². The molecule has 1 saturated heterocycles. The van der Waals surface area contributed by atoms with Gasteiger partial charge >= 0.3 is 12.5 Å². The lowest BCUT2D eigenvalue weighted by atomic mass is 9.83. The van der Waals surface area contributed by atoms with E-state index in [2.05, 4.69) is 30.4 Å². The molecule has 19 nitrogen and oxygen atoms in total. The number of ether oxygens (including phenoxy) is 6. The molecule has 4 heterocycles. The second-order valence-corrected chi connectivity index (χ2v) is 20.3. The number of nitrogens with one attached hydrogen (secondary N) is 2. The molecule has 23 heteroatoms. The van der Waals surface area contributed by atoms with Gasteiger partial charge in [-0.15, -0.1) is 24.5 Å². The average Bonchev–Trinajstić information content (AvgIpc) is 4.20. The minimum Gasteiger partial charge on any atom is -0.491 e. The number of amides is 3. The van der Waals surface area contributed by atoms with Crippen molar-refractivity contribution in [3.63, 3.8) is 0 Å². The highest BCUT2D eigenvalue weighted by Gasteiger charge is 2.41. The number of likely N-dealkylation sites (N-methyl/N-ethyl adjacent to an activating group) is 1. The zero-order valence-electron chi connectivity index (χ0n) is 43.4. The van der Waals surface area contributed by atoms with Crippen LogP contribution in [0.5, 0.6) is 11.5 Å². The molecule has 3 atom stereocenters.